The second-order valence-corrected chi connectivity index (χ2v) is 9.91. The van der Waals surface area contributed by atoms with Gasteiger partial charge in [-0.1, -0.05) is 6.07 Å². The van der Waals surface area contributed by atoms with E-state index >= 15 is 0 Å². The molecule has 0 spiro atoms. The highest BCUT2D eigenvalue weighted by molar-refractivity contribution is 7.21. The van der Waals surface area contributed by atoms with E-state index in [0.717, 1.165) is 10.9 Å². The van der Waals surface area contributed by atoms with E-state index in [-0.39, 0.29) is 32.0 Å². The summed E-state index contributed by atoms with van der Waals surface area (Å²) in [6.07, 6.45) is -3.30. The molecule has 4 N–H and O–H groups in total. The van der Waals surface area contributed by atoms with E-state index in [9.17, 15) is 22.8 Å². The van der Waals surface area contributed by atoms with Crippen molar-refractivity contribution in [1.29, 1.82) is 0 Å². The predicted octanol–water partition coefficient (Wildman–Crippen LogP) is 5.31. The normalized spacial score (nSPS) is 11.8. The largest absolute Gasteiger partial charge is 0.433 e. The quantitative estimate of drug-likeness (QED) is 0.266. The van der Waals surface area contributed by atoms with Gasteiger partial charge in [-0.2, -0.15) is 23.4 Å². The van der Waals surface area contributed by atoms with Crippen LogP contribution in [0, 0.1) is 6.92 Å². The molecule has 0 unspecified atom stereocenters. The zero-order valence-corrected chi connectivity index (χ0v) is 20.9. The molecule has 37 heavy (non-hydrogen) atoms. The van der Waals surface area contributed by atoms with Crippen molar-refractivity contribution in [2.24, 2.45) is 5.73 Å². The number of nitrogens with two attached hydrogens (primary N) is 1. The van der Waals surface area contributed by atoms with E-state index in [1.54, 1.807) is 11.6 Å². The number of fused-ring (bicyclic) bond motifs is 1. The highest BCUT2D eigenvalue weighted by atomic mass is 32.1. The van der Waals surface area contributed by atoms with Gasteiger partial charge in [-0.05, 0) is 43.0 Å². The molecule has 2 amide bonds. The van der Waals surface area contributed by atoms with Crippen LogP contribution in [0.25, 0.3) is 31.9 Å². The zero-order chi connectivity index (χ0) is 26.5. The number of pyridine rings is 1. The van der Waals surface area contributed by atoms with Gasteiger partial charge in [-0.15, -0.1) is 22.7 Å². The fourth-order valence-electron chi connectivity index (χ4n) is 3.95. The molecule has 0 saturated carbocycles. The van der Waals surface area contributed by atoms with E-state index in [1.807, 2.05) is 24.4 Å². The Hall–Kier alpha value is -4.04. The van der Waals surface area contributed by atoms with Crippen molar-refractivity contribution < 1.29 is 22.8 Å². The lowest BCUT2D eigenvalue weighted by atomic mass is 10.0. The van der Waals surface area contributed by atoms with Crippen molar-refractivity contribution >= 4 is 50.4 Å². The van der Waals surface area contributed by atoms with Crippen molar-refractivity contribution in [3.8, 4) is 21.7 Å². The van der Waals surface area contributed by atoms with E-state index in [4.69, 9.17) is 5.73 Å². The molecule has 5 aromatic rings. The summed E-state index contributed by atoms with van der Waals surface area (Å²) >= 11 is 2.13. The molecule has 0 fully saturated rings. The van der Waals surface area contributed by atoms with E-state index in [2.05, 4.69) is 25.6 Å². The van der Waals surface area contributed by atoms with E-state index in [0.29, 0.717) is 34.8 Å². The number of anilines is 1. The third-order valence-electron chi connectivity index (χ3n) is 5.70. The van der Waals surface area contributed by atoms with Crippen LogP contribution in [0.3, 0.4) is 0 Å². The minimum absolute atomic E-state index is 0.0228. The lowest BCUT2D eigenvalue weighted by molar-refractivity contribution is -0.140. The number of hydrogen-bond acceptors (Lipinski definition) is 7. The summed E-state index contributed by atoms with van der Waals surface area (Å²) in [4.78, 5) is 29.8. The number of aryl methyl sites for hydroxylation is 1. The number of nitrogens with zero attached hydrogens (tertiary/aromatic N) is 4. The predicted molar refractivity (Wildman–Crippen MR) is 135 cm³/mol. The fraction of sp³-hybridized carbons (Fsp3) is 0.174. The smallest absolute Gasteiger partial charge is 0.365 e. The summed E-state index contributed by atoms with van der Waals surface area (Å²) in [5, 5.41) is 15.7. The Balaban J connectivity index is 1.69. The first-order valence-electron chi connectivity index (χ1n) is 10.9. The number of H-pyrrole nitrogens is 1. The molecular formula is C23H18F3N7O2S2. The van der Waals surface area contributed by atoms with Gasteiger partial charge in [0.15, 0.2) is 5.69 Å². The first-order valence-corrected chi connectivity index (χ1v) is 12.6. The molecule has 14 heteroatoms. The molecule has 0 aromatic carbocycles. The topological polar surface area (TPSA) is 132 Å². The SMILES string of the molecule is CCn1ncc(-c2cc(C(F)(F)F)nc3sc(C(N)=O)c(NC(=O)c4cc(-c5cccs5)[nH]n4)c23)c1C. The maximum atomic E-state index is 13.7. The number of aromatic amines is 1. The van der Waals surface area contributed by atoms with Crippen molar-refractivity contribution in [1.82, 2.24) is 25.0 Å². The highest BCUT2D eigenvalue weighted by Gasteiger charge is 2.35. The van der Waals surface area contributed by atoms with E-state index < -0.39 is 23.7 Å². The van der Waals surface area contributed by atoms with Crippen molar-refractivity contribution in [3.05, 3.63) is 57.8 Å². The van der Waals surface area contributed by atoms with Gasteiger partial charge in [0, 0.05) is 23.2 Å². The Morgan fingerprint density at radius 1 is 1.24 bits per heavy atom. The minimum Gasteiger partial charge on any atom is -0.365 e. The number of aromatic nitrogens is 5. The summed E-state index contributed by atoms with van der Waals surface area (Å²) in [5.74, 6) is -1.59. The molecule has 0 aliphatic rings. The molecule has 0 aliphatic heterocycles. The molecule has 190 valence electrons. The number of thiophene rings is 2. The molecule has 0 atom stereocenters. The Morgan fingerprint density at radius 2 is 2.03 bits per heavy atom. The molecular weight excluding hydrogens is 527 g/mol. The molecule has 0 aliphatic carbocycles. The summed E-state index contributed by atoms with van der Waals surface area (Å²) in [7, 11) is 0. The molecule has 0 bridgehead atoms. The van der Waals surface area contributed by atoms with Gasteiger partial charge in [-0.3, -0.25) is 19.4 Å². The maximum Gasteiger partial charge on any atom is 0.433 e. The van der Waals surface area contributed by atoms with E-state index in [1.165, 1.54) is 23.6 Å². The Labute approximate surface area is 215 Å². The number of nitrogens with one attached hydrogen (secondary N) is 2. The summed E-state index contributed by atoms with van der Waals surface area (Å²) < 4.78 is 42.9. The number of rotatable bonds is 6. The van der Waals surface area contributed by atoms with Crippen LogP contribution >= 0.6 is 22.7 Å². The van der Waals surface area contributed by atoms with Crippen LogP contribution < -0.4 is 11.1 Å². The second kappa shape index (κ2) is 9.12. The number of carbonyl (C=O) groups is 2. The lowest BCUT2D eigenvalue weighted by Crippen LogP contribution is -2.17. The Kier molecular flexibility index (Phi) is 6.07. The van der Waals surface area contributed by atoms with Gasteiger partial charge in [-0.25, -0.2) is 4.98 Å². The van der Waals surface area contributed by atoms with Crippen LogP contribution in [-0.2, 0) is 12.7 Å². The van der Waals surface area contributed by atoms with Crippen LogP contribution in [-0.4, -0.2) is 36.8 Å². The van der Waals surface area contributed by atoms with Crippen molar-refractivity contribution in [3.63, 3.8) is 0 Å². The minimum atomic E-state index is -4.74. The molecule has 5 aromatic heterocycles. The number of primary amides is 1. The third kappa shape index (κ3) is 4.38. The fourth-order valence-corrected chi connectivity index (χ4v) is 5.65. The first kappa shape index (κ1) is 24.6. The Bertz CT molecular complexity index is 1650. The number of hydrogen-bond donors (Lipinski definition) is 3. The van der Waals surface area contributed by atoms with Gasteiger partial charge < -0.3 is 11.1 Å². The lowest BCUT2D eigenvalue weighted by Gasteiger charge is -2.12. The van der Waals surface area contributed by atoms with Crippen LogP contribution in [0.15, 0.2) is 35.8 Å². The molecule has 9 nitrogen and oxygen atoms in total. The second-order valence-electron chi connectivity index (χ2n) is 7.96. The van der Waals surface area contributed by atoms with Crippen LogP contribution in [0.4, 0.5) is 18.9 Å². The number of amides is 2. The molecule has 5 rings (SSSR count). The van der Waals surface area contributed by atoms with Gasteiger partial charge in [0.2, 0.25) is 0 Å². The van der Waals surface area contributed by atoms with Crippen LogP contribution in [0.2, 0.25) is 0 Å². The first-order chi connectivity index (χ1) is 17.6. The van der Waals surface area contributed by atoms with Crippen molar-refractivity contribution in [2.45, 2.75) is 26.6 Å². The number of carbonyl (C=O) groups excluding carboxylic acids is 2. The average Bonchev–Trinajstić information content (AvgIpc) is 3.63. The third-order valence-corrected chi connectivity index (χ3v) is 7.71. The van der Waals surface area contributed by atoms with Gasteiger partial charge >= 0.3 is 6.18 Å². The molecule has 5 heterocycles. The summed E-state index contributed by atoms with van der Waals surface area (Å²) in [5.41, 5.74) is 6.17. The van der Waals surface area contributed by atoms with Gasteiger partial charge in [0.1, 0.15) is 15.4 Å². The zero-order valence-electron chi connectivity index (χ0n) is 19.3. The number of alkyl halides is 3. The van der Waals surface area contributed by atoms with Gasteiger partial charge in [0.25, 0.3) is 11.8 Å². The summed E-state index contributed by atoms with van der Waals surface area (Å²) in [6, 6.07) is 6.13. The standard InChI is InChI=1S/C23H18F3N7O2S2/c1-3-33-10(2)12(9-28-33)11-7-16(23(24,25)26)29-22-17(11)18(19(37-22)20(27)34)30-21(35)14-8-13(31-32-14)15-5-4-6-36-15/h4-9H,3H2,1-2H3,(H2,27,34)(H,30,35)(H,31,32). The van der Waals surface area contributed by atoms with Crippen molar-refractivity contribution in [2.75, 3.05) is 5.32 Å². The molecule has 0 saturated heterocycles. The number of halogens is 3. The molecule has 0 radical (unpaired) electrons. The highest BCUT2D eigenvalue weighted by Crippen LogP contribution is 2.44. The average molecular weight is 546 g/mol. The monoisotopic (exact) mass is 545 g/mol. The Morgan fingerprint density at radius 3 is 2.65 bits per heavy atom. The van der Waals surface area contributed by atoms with Gasteiger partial charge in [0.05, 0.1) is 22.5 Å². The van der Waals surface area contributed by atoms with Crippen LogP contribution in [0.5, 0.6) is 0 Å². The summed E-state index contributed by atoms with van der Waals surface area (Å²) in [6.45, 7) is 4.07. The maximum absolute atomic E-state index is 13.7. The van der Waals surface area contributed by atoms with Crippen LogP contribution in [0.1, 0.15) is 38.5 Å².